The summed E-state index contributed by atoms with van der Waals surface area (Å²) >= 11 is 0. The molecule has 6 heteroatoms. The molecule has 1 aromatic carbocycles. The molecule has 0 saturated heterocycles. The Morgan fingerprint density at radius 3 is 2.80 bits per heavy atom. The molecule has 6 nitrogen and oxygen atoms in total. The summed E-state index contributed by atoms with van der Waals surface area (Å²) in [6.07, 6.45) is 4.03. The van der Waals surface area contributed by atoms with Crippen molar-refractivity contribution < 1.29 is 15.0 Å². The van der Waals surface area contributed by atoms with Crippen LogP contribution in [0.1, 0.15) is 29.6 Å². The summed E-state index contributed by atoms with van der Waals surface area (Å²) < 4.78 is 0. The van der Waals surface area contributed by atoms with Gasteiger partial charge in [-0.3, -0.25) is 0 Å². The van der Waals surface area contributed by atoms with Crippen molar-refractivity contribution in [2.45, 2.75) is 24.9 Å². The predicted molar refractivity (Wildman–Crippen MR) is 73.8 cm³/mol. The van der Waals surface area contributed by atoms with Gasteiger partial charge in [0.15, 0.2) is 0 Å². The first-order valence-electron chi connectivity index (χ1n) is 6.52. The minimum Gasteiger partial charge on any atom is -0.478 e. The van der Waals surface area contributed by atoms with Crippen molar-refractivity contribution in [1.82, 2.24) is 9.97 Å². The highest BCUT2D eigenvalue weighted by Crippen LogP contribution is 2.32. The van der Waals surface area contributed by atoms with E-state index in [1.165, 1.54) is 18.5 Å². The third kappa shape index (κ3) is 2.30. The Hall–Kier alpha value is -2.21. The molecule has 1 aliphatic rings. The van der Waals surface area contributed by atoms with Crippen LogP contribution in [0.4, 0.5) is 5.82 Å². The number of carbonyl (C=O) groups is 1. The minimum absolute atomic E-state index is 0.194. The van der Waals surface area contributed by atoms with Gasteiger partial charge < -0.3 is 15.5 Å². The van der Waals surface area contributed by atoms with Gasteiger partial charge >= 0.3 is 5.97 Å². The number of nitrogens with zero attached hydrogens (tertiary/aromatic N) is 2. The van der Waals surface area contributed by atoms with Gasteiger partial charge in [-0.15, -0.1) is 0 Å². The molecule has 3 N–H and O–H groups in total. The maximum Gasteiger partial charge on any atom is 0.335 e. The molecule has 0 radical (unpaired) electrons. The lowest BCUT2D eigenvalue weighted by Gasteiger charge is -2.36. The molecule has 20 heavy (non-hydrogen) atoms. The largest absolute Gasteiger partial charge is 0.478 e. The molecule has 1 fully saturated rings. The second-order valence-corrected chi connectivity index (χ2v) is 5.19. The van der Waals surface area contributed by atoms with Gasteiger partial charge in [0.05, 0.1) is 16.7 Å². The number of rotatable bonds is 4. The lowest BCUT2D eigenvalue weighted by atomic mass is 9.80. The smallest absolute Gasteiger partial charge is 0.335 e. The molecule has 104 valence electrons. The second-order valence-electron chi connectivity index (χ2n) is 5.19. The van der Waals surface area contributed by atoms with Crippen molar-refractivity contribution >= 4 is 22.7 Å². The van der Waals surface area contributed by atoms with Crippen LogP contribution in [-0.4, -0.2) is 38.3 Å². The summed E-state index contributed by atoms with van der Waals surface area (Å²) in [5.41, 5.74) is 0.126. The summed E-state index contributed by atoms with van der Waals surface area (Å²) in [4.78, 5) is 19.2. The van der Waals surface area contributed by atoms with Crippen molar-refractivity contribution in [3.05, 3.63) is 30.1 Å². The van der Waals surface area contributed by atoms with Crippen LogP contribution < -0.4 is 5.32 Å². The average molecular weight is 273 g/mol. The van der Waals surface area contributed by atoms with Gasteiger partial charge in [0.25, 0.3) is 0 Å². The van der Waals surface area contributed by atoms with E-state index < -0.39 is 11.6 Å². The molecule has 0 aliphatic heterocycles. The number of carboxylic acid groups (broad SMARTS) is 1. The average Bonchev–Trinajstić information content (AvgIpc) is 2.42. The van der Waals surface area contributed by atoms with Crippen LogP contribution in [0.3, 0.4) is 0 Å². The Balaban J connectivity index is 1.89. The van der Waals surface area contributed by atoms with Crippen LogP contribution in [0, 0.1) is 0 Å². The lowest BCUT2D eigenvalue weighted by Crippen LogP contribution is -2.43. The summed E-state index contributed by atoms with van der Waals surface area (Å²) in [7, 11) is 0. The highest BCUT2D eigenvalue weighted by atomic mass is 16.4. The third-order valence-electron chi connectivity index (χ3n) is 3.75. The Morgan fingerprint density at radius 1 is 1.35 bits per heavy atom. The highest BCUT2D eigenvalue weighted by Gasteiger charge is 2.34. The molecule has 0 bridgehead atoms. The molecule has 1 aliphatic carbocycles. The number of benzene rings is 1. The Kier molecular flexibility index (Phi) is 3.02. The number of fused-ring (bicyclic) bond motifs is 1. The molecule has 2 aromatic rings. The first-order chi connectivity index (χ1) is 9.57. The number of hydrogen-bond donors (Lipinski definition) is 3. The second kappa shape index (κ2) is 4.72. The summed E-state index contributed by atoms with van der Waals surface area (Å²) in [5.74, 6) is -0.365. The number of carboxylic acids is 1. The van der Waals surface area contributed by atoms with E-state index in [0.29, 0.717) is 17.9 Å². The van der Waals surface area contributed by atoms with Gasteiger partial charge in [-0.25, -0.2) is 14.8 Å². The lowest BCUT2D eigenvalue weighted by molar-refractivity contribution is -0.0202. The van der Waals surface area contributed by atoms with Gasteiger partial charge in [-0.05, 0) is 37.5 Å². The van der Waals surface area contributed by atoms with Crippen molar-refractivity contribution in [2.75, 3.05) is 11.9 Å². The molecule has 0 spiro atoms. The number of anilines is 1. The van der Waals surface area contributed by atoms with Gasteiger partial charge in [0.2, 0.25) is 0 Å². The monoisotopic (exact) mass is 273 g/mol. The molecular formula is C14H15N3O3. The molecular weight excluding hydrogens is 258 g/mol. The molecule has 0 unspecified atom stereocenters. The van der Waals surface area contributed by atoms with Crippen LogP contribution >= 0.6 is 0 Å². The Labute approximate surface area is 115 Å². The molecule has 1 aromatic heterocycles. The van der Waals surface area contributed by atoms with Crippen LogP contribution in [0.2, 0.25) is 0 Å². The number of aliphatic hydroxyl groups is 1. The van der Waals surface area contributed by atoms with Gasteiger partial charge in [0.1, 0.15) is 12.1 Å². The van der Waals surface area contributed by atoms with Crippen molar-refractivity contribution in [2.24, 2.45) is 0 Å². The fraction of sp³-hybridized carbons (Fsp3) is 0.357. The fourth-order valence-corrected chi connectivity index (χ4v) is 2.34. The maximum absolute atomic E-state index is 10.9. The molecule has 3 rings (SSSR count). The van der Waals surface area contributed by atoms with E-state index in [-0.39, 0.29) is 5.56 Å². The highest BCUT2D eigenvalue weighted by molar-refractivity contribution is 5.96. The summed E-state index contributed by atoms with van der Waals surface area (Å²) in [6.45, 7) is 0.444. The predicted octanol–water partition coefficient (Wildman–Crippen LogP) is 1.65. The number of nitrogens with one attached hydrogen (secondary N) is 1. The maximum atomic E-state index is 10.9. The van der Waals surface area contributed by atoms with E-state index in [0.717, 1.165) is 24.6 Å². The standard InChI is InChI=1S/C14H15N3O3/c18-13(19)9-2-3-10-11(6-9)16-8-17-12(10)15-7-14(20)4-1-5-14/h2-3,6,8,20H,1,4-5,7H2,(H,18,19)(H,15,16,17). The first kappa shape index (κ1) is 12.8. The summed E-state index contributed by atoms with van der Waals surface area (Å²) in [5, 5.41) is 22.9. The normalized spacial score (nSPS) is 16.6. The molecule has 1 heterocycles. The zero-order valence-electron chi connectivity index (χ0n) is 10.8. The number of aromatic nitrogens is 2. The van der Waals surface area contributed by atoms with E-state index in [1.807, 2.05) is 0 Å². The van der Waals surface area contributed by atoms with E-state index in [1.54, 1.807) is 6.07 Å². The topological polar surface area (TPSA) is 95.3 Å². The van der Waals surface area contributed by atoms with Crippen LogP contribution in [0.5, 0.6) is 0 Å². The first-order valence-corrected chi connectivity index (χ1v) is 6.52. The van der Waals surface area contributed by atoms with Gasteiger partial charge in [0, 0.05) is 11.9 Å². The number of aromatic carboxylic acids is 1. The third-order valence-corrected chi connectivity index (χ3v) is 3.75. The Morgan fingerprint density at radius 2 is 2.15 bits per heavy atom. The summed E-state index contributed by atoms with van der Waals surface area (Å²) in [6, 6.07) is 4.73. The van der Waals surface area contributed by atoms with E-state index in [4.69, 9.17) is 5.11 Å². The van der Waals surface area contributed by atoms with Crippen molar-refractivity contribution in [3.8, 4) is 0 Å². The van der Waals surface area contributed by atoms with E-state index in [2.05, 4.69) is 15.3 Å². The SMILES string of the molecule is O=C(O)c1ccc2c(NCC3(O)CCC3)ncnc2c1. The van der Waals surface area contributed by atoms with Gasteiger partial charge in [-0.2, -0.15) is 0 Å². The van der Waals surface area contributed by atoms with Crippen molar-refractivity contribution in [1.29, 1.82) is 0 Å². The minimum atomic E-state index is -0.983. The molecule has 0 amide bonds. The Bertz CT molecular complexity index is 668. The van der Waals surface area contributed by atoms with Crippen LogP contribution in [0.15, 0.2) is 24.5 Å². The fourth-order valence-electron chi connectivity index (χ4n) is 2.34. The van der Waals surface area contributed by atoms with Crippen LogP contribution in [0.25, 0.3) is 10.9 Å². The molecule has 1 saturated carbocycles. The van der Waals surface area contributed by atoms with Gasteiger partial charge in [-0.1, -0.05) is 0 Å². The number of hydrogen-bond acceptors (Lipinski definition) is 5. The quantitative estimate of drug-likeness (QED) is 0.784. The zero-order valence-corrected chi connectivity index (χ0v) is 10.8. The molecule has 0 atom stereocenters. The van der Waals surface area contributed by atoms with Crippen LogP contribution in [-0.2, 0) is 0 Å². The van der Waals surface area contributed by atoms with E-state index in [9.17, 15) is 9.90 Å². The van der Waals surface area contributed by atoms with E-state index >= 15 is 0 Å². The van der Waals surface area contributed by atoms with Crippen molar-refractivity contribution in [3.63, 3.8) is 0 Å². The zero-order chi connectivity index (χ0) is 14.2.